The lowest BCUT2D eigenvalue weighted by molar-refractivity contribution is 0.546. The lowest BCUT2D eigenvalue weighted by atomic mass is 9.96. The van der Waals surface area contributed by atoms with Gasteiger partial charge in [0.1, 0.15) is 16.8 Å². The molecule has 0 aliphatic rings. The Morgan fingerprint density at radius 3 is 2.67 bits per heavy atom. The first-order valence-electron chi connectivity index (χ1n) is 4.83. The zero-order valence-electron chi connectivity index (χ0n) is 9.34. The number of rotatable bonds is 3. The molecule has 0 amide bonds. The molecule has 1 rings (SSSR count). The summed E-state index contributed by atoms with van der Waals surface area (Å²) < 4.78 is 0. The molecule has 1 aromatic rings. The van der Waals surface area contributed by atoms with Gasteiger partial charge in [0.2, 0.25) is 0 Å². The van der Waals surface area contributed by atoms with Crippen molar-refractivity contribution in [3.05, 3.63) is 29.7 Å². The SMILES string of the molecule is C=CCNc1cc(Cl)nc(C(C)(C)C)n1. The van der Waals surface area contributed by atoms with Crippen molar-refractivity contribution in [1.82, 2.24) is 9.97 Å². The molecule has 82 valence electrons. The second-order valence-electron chi connectivity index (χ2n) is 4.32. The van der Waals surface area contributed by atoms with Crippen LogP contribution in [0.5, 0.6) is 0 Å². The van der Waals surface area contributed by atoms with E-state index in [1.807, 2.05) is 0 Å². The van der Waals surface area contributed by atoms with Gasteiger partial charge in [0.15, 0.2) is 0 Å². The standard InChI is InChI=1S/C11H16ClN3/c1-5-6-13-9-7-8(12)14-10(15-9)11(2,3)4/h5,7H,1,6H2,2-4H3,(H,13,14,15). The van der Waals surface area contributed by atoms with E-state index in [9.17, 15) is 0 Å². The first kappa shape index (κ1) is 12.0. The van der Waals surface area contributed by atoms with Crippen LogP contribution in [0.1, 0.15) is 26.6 Å². The fourth-order valence-electron chi connectivity index (χ4n) is 1.02. The van der Waals surface area contributed by atoms with Crippen LogP contribution in [0.15, 0.2) is 18.7 Å². The topological polar surface area (TPSA) is 37.8 Å². The third kappa shape index (κ3) is 3.51. The fourth-order valence-corrected chi connectivity index (χ4v) is 1.20. The summed E-state index contributed by atoms with van der Waals surface area (Å²) in [6.07, 6.45) is 1.77. The molecule has 0 atom stereocenters. The van der Waals surface area contributed by atoms with Crippen LogP contribution < -0.4 is 5.32 Å². The van der Waals surface area contributed by atoms with Crippen molar-refractivity contribution in [3.63, 3.8) is 0 Å². The van der Waals surface area contributed by atoms with Crippen molar-refractivity contribution in [2.45, 2.75) is 26.2 Å². The van der Waals surface area contributed by atoms with Crippen molar-refractivity contribution in [2.75, 3.05) is 11.9 Å². The van der Waals surface area contributed by atoms with E-state index in [-0.39, 0.29) is 5.41 Å². The number of nitrogens with one attached hydrogen (secondary N) is 1. The van der Waals surface area contributed by atoms with Crippen LogP contribution in [0.2, 0.25) is 5.15 Å². The summed E-state index contributed by atoms with van der Waals surface area (Å²) in [6, 6.07) is 1.71. The zero-order valence-corrected chi connectivity index (χ0v) is 10.1. The summed E-state index contributed by atoms with van der Waals surface area (Å²) in [5.74, 6) is 1.47. The Bertz CT molecular complexity index is 355. The molecule has 15 heavy (non-hydrogen) atoms. The maximum absolute atomic E-state index is 5.92. The predicted molar refractivity (Wildman–Crippen MR) is 64.4 cm³/mol. The Kier molecular flexibility index (Phi) is 3.69. The lowest BCUT2D eigenvalue weighted by Gasteiger charge is -2.17. The van der Waals surface area contributed by atoms with Crippen molar-refractivity contribution >= 4 is 17.4 Å². The van der Waals surface area contributed by atoms with Crippen LogP contribution in [0.3, 0.4) is 0 Å². The number of anilines is 1. The van der Waals surface area contributed by atoms with E-state index in [2.05, 4.69) is 42.6 Å². The van der Waals surface area contributed by atoms with Crippen LogP contribution in [-0.4, -0.2) is 16.5 Å². The van der Waals surface area contributed by atoms with Crippen LogP contribution in [0, 0.1) is 0 Å². The molecule has 3 nitrogen and oxygen atoms in total. The summed E-state index contributed by atoms with van der Waals surface area (Å²) in [5, 5.41) is 3.55. The van der Waals surface area contributed by atoms with Crippen LogP contribution in [0.4, 0.5) is 5.82 Å². The Morgan fingerprint density at radius 2 is 2.13 bits per heavy atom. The summed E-state index contributed by atoms with van der Waals surface area (Å²) in [7, 11) is 0. The van der Waals surface area contributed by atoms with Gasteiger partial charge in [0.05, 0.1) is 0 Å². The first-order chi connectivity index (χ1) is 6.93. The molecule has 0 radical (unpaired) electrons. The van der Waals surface area contributed by atoms with Gasteiger partial charge in [0, 0.05) is 18.0 Å². The van der Waals surface area contributed by atoms with Crippen molar-refractivity contribution in [1.29, 1.82) is 0 Å². The van der Waals surface area contributed by atoms with Gasteiger partial charge in [-0.25, -0.2) is 9.97 Å². The van der Waals surface area contributed by atoms with E-state index >= 15 is 0 Å². The van der Waals surface area contributed by atoms with Gasteiger partial charge < -0.3 is 5.32 Å². The molecule has 1 N–H and O–H groups in total. The molecule has 4 heteroatoms. The summed E-state index contributed by atoms with van der Waals surface area (Å²) in [5.41, 5.74) is -0.102. The average molecular weight is 226 g/mol. The largest absolute Gasteiger partial charge is 0.366 e. The molecule has 0 saturated carbocycles. The van der Waals surface area contributed by atoms with E-state index in [1.54, 1.807) is 12.1 Å². The molecule has 0 unspecified atom stereocenters. The van der Waals surface area contributed by atoms with Gasteiger partial charge >= 0.3 is 0 Å². The molecule has 0 bridgehead atoms. The van der Waals surface area contributed by atoms with E-state index in [0.29, 0.717) is 11.7 Å². The minimum absolute atomic E-state index is 0.102. The number of nitrogens with zero attached hydrogens (tertiary/aromatic N) is 2. The minimum atomic E-state index is -0.102. The van der Waals surface area contributed by atoms with Gasteiger partial charge in [-0.2, -0.15) is 0 Å². The van der Waals surface area contributed by atoms with E-state index < -0.39 is 0 Å². The second-order valence-corrected chi connectivity index (χ2v) is 4.71. The molecule has 0 fully saturated rings. The van der Waals surface area contributed by atoms with Crippen LogP contribution in [0.25, 0.3) is 0 Å². The second kappa shape index (κ2) is 4.62. The number of hydrogen-bond donors (Lipinski definition) is 1. The highest BCUT2D eigenvalue weighted by Crippen LogP contribution is 2.21. The quantitative estimate of drug-likeness (QED) is 0.635. The van der Waals surface area contributed by atoms with E-state index in [1.165, 1.54) is 0 Å². The molecule has 0 aliphatic carbocycles. The van der Waals surface area contributed by atoms with Gasteiger partial charge in [0.25, 0.3) is 0 Å². The van der Waals surface area contributed by atoms with Crippen LogP contribution in [-0.2, 0) is 5.41 Å². The van der Waals surface area contributed by atoms with Gasteiger partial charge in [-0.3, -0.25) is 0 Å². The van der Waals surface area contributed by atoms with E-state index in [0.717, 1.165) is 11.6 Å². The zero-order chi connectivity index (χ0) is 11.5. The molecule has 0 spiro atoms. The normalized spacial score (nSPS) is 11.2. The highest BCUT2D eigenvalue weighted by Gasteiger charge is 2.18. The maximum Gasteiger partial charge on any atom is 0.137 e. The molecule has 0 aliphatic heterocycles. The summed E-state index contributed by atoms with van der Waals surface area (Å²) in [6.45, 7) is 10.4. The molecule has 0 aromatic carbocycles. The average Bonchev–Trinajstić information content (AvgIpc) is 2.12. The third-order valence-electron chi connectivity index (χ3n) is 1.79. The van der Waals surface area contributed by atoms with Crippen molar-refractivity contribution < 1.29 is 0 Å². The highest BCUT2D eigenvalue weighted by atomic mass is 35.5. The Balaban J connectivity index is 3.00. The number of aromatic nitrogens is 2. The molecule has 1 aromatic heterocycles. The predicted octanol–water partition coefficient (Wildman–Crippen LogP) is 3.03. The van der Waals surface area contributed by atoms with Crippen molar-refractivity contribution in [2.24, 2.45) is 0 Å². The Labute approximate surface area is 95.6 Å². The minimum Gasteiger partial charge on any atom is -0.366 e. The number of halogens is 1. The smallest absolute Gasteiger partial charge is 0.137 e. The van der Waals surface area contributed by atoms with Gasteiger partial charge in [-0.05, 0) is 0 Å². The monoisotopic (exact) mass is 225 g/mol. The first-order valence-corrected chi connectivity index (χ1v) is 5.21. The Morgan fingerprint density at radius 1 is 1.47 bits per heavy atom. The number of hydrogen-bond acceptors (Lipinski definition) is 3. The van der Waals surface area contributed by atoms with E-state index in [4.69, 9.17) is 11.6 Å². The fraction of sp³-hybridized carbons (Fsp3) is 0.455. The third-order valence-corrected chi connectivity index (χ3v) is 1.99. The van der Waals surface area contributed by atoms with Crippen molar-refractivity contribution in [3.8, 4) is 0 Å². The highest BCUT2D eigenvalue weighted by molar-refractivity contribution is 6.29. The van der Waals surface area contributed by atoms with Gasteiger partial charge in [-0.1, -0.05) is 38.4 Å². The lowest BCUT2D eigenvalue weighted by Crippen LogP contribution is -2.17. The Hall–Kier alpha value is -1.09. The van der Waals surface area contributed by atoms with Gasteiger partial charge in [-0.15, -0.1) is 6.58 Å². The molecular weight excluding hydrogens is 210 g/mol. The maximum atomic E-state index is 5.92. The molecule has 0 saturated heterocycles. The summed E-state index contributed by atoms with van der Waals surface area (Å²) in [4.78, 5) is 8.59. The summed E-state index contributed by atoms with van der Waals surface area (Å²) >= 11 is 5.92. The molecule has 1 heterocycles. The molecular formula is C11H16ClN3. The van der Waals surface area contributed by atoms with Crippen LogP contribution >= 0.6 is 11.6 Å².